The maximum atomic E-state index is 10.9. The molecule has 0 unspecified atom stereocenters. The van der Waals surface area contributed by atoms with Crippen molar-refractivity contribution in [3.63, 3.8) is 0 Å². The summed E-state index contributed by atoms with van der Waals surface area (Å²) in [5, 5.41) is 2.71. The Balaban J connectivity index is 2.57. The maximum Gasteiger partial charge on any atom is 0.228 e. The van der Waals surface area contributed by atoms with Crippen molar-refractivity contribution in [3.8, 4) is 0 Å². The van der Waals surface area contributed by atoms with Gasteiger partial charge in [-0.3, -0.25) is 9.78 Å². The zero-order valence-electron chi connectivity index (χ0n) is 5.60. The second-order valence-electron chi connectivity index (χ2n) is 2.37. The second-order valence-corrected chi connectivity index (χ2v) is 3.23. The molecule has 4 heteroatoms. The third kappa shape index (κ3) is 1.03. The lowest BCUT2D eigenvalue weighted by Gasteiger charge is -1.96. The summed E-state index contributed by atoms with van der Waals surface area (Å²) < 4.78 is 0.897. The average Bonchev–Trinajstić information content (AvgIpc) is 2.31. The Morgan fingerprint density at radius 3 is 3.09 bits per heavy atom. The van der Waals surface area contributed by atoms with Crippen molar-refractivity contribution in [2.45, 2.75) is 6.42 Å². The number of carbonyl (C=O) groups excluding carboxylic acids is 1. The fraction of sp³-hybridized carbons (Fsp3) is 0.143. The number of halogens is 1. The van der Waals surface area contributed by atoms with Crippen molar-refractivity contribution < 1.29 is 4.79 Å². The lowest BCUT2D eigenvalue weighted by Crippen LogP contribution is -2.03. The van der Waals surface area contributed by atoms with Gasteiger partial charge in [0.05, 0.1) is 18.3 Å². The van der Waals surface area contributed by atoms with Crippen LogP contribution >= 0.6 is 15.9 Å². The first kappa shape index (κ1) is 6.79. The van der Waals surface area contributed by atoms with E-state index >= 15 is 0 Å². The number of fused-ring (bicyclic) bond motifs is 1. The number of nitrogens with zero attached hydrogens (tertiary/aromatic N) is 1. The summed E-state index contributed by atoms with van der Waals surface area (Å²) in [7, 11) is 0. The number of amides is 1. The fourth-order valence-corrected chi connectivity index (χ4v) is 1.58. The number of pyridine rings is 1. The van der Waals surface area contributed by atoms with Crippen LogP contribution in [0.3, 0.4) is 0 Å². The molecule has 56 valence electrons. The second kappa shape index (κ2) is 2.30. The molecule has 1 N–H and O–H groups in total. The van der Waals surface area contributed by atoms with Gasteiger partial charge in [-0.1, -0.05) is 0 Å². The molecule has 3 nitrogen and oxygen atoms in total. The lowest BCUT2D eigenvalue weighted by atomic mass is 10.2. The van der Waals surface area contributed by atoms with Crippen LogP contribution in [0.1, 0.15) is 5.56 Å². The van der Waals surface area contributed by atoms with Gasteiger partial charge in [0.25, 0.3) is 0 Å². The van der Waals surface area contributed by atoms with Gasteiger partial charge in [-0.15, -0.1) is 0 Å². The van der Waals surface area contributed by atoms with Gasteiger partial charge < -0.3 is 5.32 Å². The van der Waals surface area contributed by atoms with Crippen LogP contribution in [-0.4, -0.2) is 10.9 Å². The van der Waals surface area contributed by atoms with E-state index in [0.29, 0.717) is 6.42 Å². The van der Waals surface area contributed by atoms with E-state index in [1.807, 2.05) is 0 Å². The Bertz CT molecular complexity index is 324. The minimum Gasteiger partial charge on any atom is -0.324 e. The van der Waals surface area contributed by atoms with Crippen molar-refractivity contribution in [1.29, 1.82) is 0 Å². The zero-order valence-corrected chi connectivity index (χ0v) is 7.18. The number of hydrogen-bond donors (Lipinski definition) is 1. The van der Waals surface area contributed by atoms with Crippen LogP contribution < -0.4 is 5.32 Å². The van der Waals surface area contributed by atoms with Crippen LogP contribution in [-0.2, 0) is 11.2 Å². The molecule has 11 heavy (non-hydrogen) atoms. The molecule has 0 saturated heterocycles. The topological polar surface area (TPSA) is 42.0 Å². The van der Waals surface area contributed by atoms with Gasteiger partial charge in [-0.05, 0) is 15.9 Å². The Labute approximate surface area is 72.0 Å². The summed E-state index contributed by atoms with van der Waals surface area (Å²) in [6.45, 7) is 0. The third-order valence-electron chi connectivity index (χ3n) is 1.62. The molecule has 0 spiro atoms. The molecule has 1 aliphatic heterocycles. The highest BCUT2D eigenvalue weighted by Gasteiger charge is 2.19. The first-order valence-corrected chi connectivity index (χ1v) is 3.99. The molecule has 0 atom stereocenters. The summed E-state index contributed by atoms with van der Waals surface area (Å²) in [4.78, 5) is 14.8. The first-order chi connectivity index (χ1) is 5.27. The van der Waals surface area contributed by atoms with E-state index in [1.165, 1.54) is 0 Å². The molecule has 2 rings (SSSR count). The van der Waals surface area contributed by atoms with E-state index in [1.54, 1.807) is 12.4 Å². The summed E-state index contributed by atoms with van der Waals surface area (Å²) >= 11 is 3.32. The zero-order chi connectivity index (χ0) is 7.84. The summed E-state index contributed by atoms with van der Waals surface area (Å²) in [5.41, 5.74) is 1.83. The molecule has 1 amide bonds. The Hall–Kier alpha value is -0.900. The predicted molar refractivity (Wildman–Crippen MR) is 44.3 cm³/mol. The van der Waals surface area contributed by atoms with Crippen molar-refractivity contribution in [2.75, 3.05) is 5.32 Å². The fourth-order valence-electron chi connectivity index (χ4n) is 1.10. The van der Waals surface area contributed by atoms with Crippen LogP contribution in [0.15, 0.2) is 16.9 Å². The minimum absolute atomic E-state index is 0.0358. The van der Waals surface area contributed by atoms with Gasteiger partial charge in [0, 0.05) is 16.2 Å². The van der Waals surface area contributed by atoms with Crippen LogP contribution in [0, 0.1) is 0 Å². The van der Waals surface area contributed by atoms with E-state index in [0.717, 1.165) is 15.7 Å². The third-order valence-corrected chi connectivity index (χ3v) is 2.30. The molecule has 0 aromatic carbocycles. The molecular weight excluding hydrogens is 208 g/mol. The van der Waals surface area contributed by atoms with Crippen molar-refractivity contribution in [1.82, 2.24) is 4.98 Å². The lowest BCUT2D eigenvalue weighted by molar-refractivity contribution is -0.115. The van der Waals surface area contributed by atoms with Gasteiger partial charge in [0.1, 0.15) is 0 Å². The normalized spacial score (nSPS) is 14.5. The molecule has 0 saturated carbocycles. The molecule has 0 fully saturated rings. The summed E-state index contributed by atoms with van der Waals surface area (Å²) in [5.74, 6) is 0.0358. The largest absolute Gasteiger partial charge is 0.324 e. The number of nitrogens with one attached hydrogen (secondary N) is 1. The van der Waals surface area contributed by atoms with Gasteiger partial charge in [-0.25, -0.2) is 0 Å². The molecular formula is C7H5BrN2O. The highest BCUT2D eigenvalue weighted by molar-refractivity contribution is 9.10. The quantitative estimate of drug-likeness (QED) is 0.706. The maximum absolute atomic E-state index is 10.9. The average molecular weight is 213 g/mol. The molecule has 0 radical (unpaired) electrons. The van der Waals surface area contributed by atoms with Gasteiger partial charge in [0.2, 0.25) is 5.91 Å². The van der Waals surface area contributed by atoms with E-state index in [9.17, 15) is 4.79 Å². The first-order valence-electron chi connectivity index (χ1n) is 3.19. The molecule has 1 aliphatic rings. The van der Waals surface area contributed by atoms with Crippen LogP contribution in [0.25, 0.3) is 0 Å². The predicted octanol–water partition coefficient (Wildman–Crippen LogP) is 1.34. The van der Waals surface area contributed by atoms with Gasteiger partial charge >= 0.3 is 0 Å². The van der Waals surface area contributed by atoms with Crippen molar-refractivity contribution in [3.05, 3.63) is 22.4 Å². The van der Waals surface area contributed by atoms with Crippen LogP contribution in [0.2, 0.25) is 0 Å². The number of anilines is 1. The molecule has 1 aromatic rings. The van der Waals surface area contributed by atoms with Gasteiger partial charge in [-0.2, -0.15) is 0 Å². The van der Waals surface area contributed by atoms with E-state index in [4.69, 9.17) is 0 Å². The standard InChI is InChI=1S/C7H5BrN2O/c8-5-2-9-3-6-4(5)1-7(11)10-6/h2-3H,1H2,(H,10,11). The Morgan fingerprint density at radius 2 is 2.36 bits per heavy atom. The molecule has 0 bridgehead atoms. The highest BCUT2D eigenvalue weighted by atomic mass is 79.9. The van der Waals surface area contributed by atoms with E-state index in [2.05, 4.69) is 26.2 Å². The van der Waals surface area contributed by atoms with Crippen LogP contribution in [0.5, 0.6) is 0 Å². The van der Waals surface area contributed by atoms with E-state index < -0.39 is 0 Å². The molecule has 1 aromatic heterocycles. The SMILES string of the molecule is O=C1Cc2c(Br)cncc2N1. The number of carbonyl (C=O) groups is 1. The Kier molecular flexibility index (Phi) is 1.42. The number of hydrogen-bond acceptors (Lipinski definition) is 2. The Morgan fingerprint density at radius 1 is 1.55 bits per heavy atom. The highest BCUT2D eigenvalue weighted by Crippen LogP contribution is 2.28. The van der Waals surface area contributed by atoms with Crippen molar-refractivity contribution in [2.24, 2.45) is 0 Å². The molecule has 2 heterocycles. The minimum atomic E-state index is 0.0358. The summed E-state index contributed by atoms with van der Waals surface area (Å²) in [6.07, 6.45) is 3.81. The monoisotopic (exact) mass is 212 g/mol. The number of aromatic nitrogens is 1. The van der Waals surface area contributed by atoms with Gasteiger partial charge in [0.15, 0.2) is 0 Å². The summed E-state index contributed by atoms with van der Waals surface area (Å²) in [6, 6.07) is 0. The van der Waals surface area contributed by atoms with Crippen LogP contribution in [0.4, 0.5) is 5.69 Å². The smallest absolute Gasteiger partial charge is 0.228 e. The number of rotatable bonds is 0. The van der Waals surface area contributed by atoms with Crippen molar-refractivity contribution >= 4 is 27.5 Å². The molecule has 0 aliphatic carbocycles. The van der Waals surface area contributed by atoms with E-state index in [-0.39, 0.29) is 5.91 Å².